The summed E-state index contributed by atoms with van der Waals surface area (Å²) in [6.45, 7) is 1.56. The molecule has 2 saturated heterocycles. The Labute approximate surface area is 76.7 Å². The second kappa shape index (κ2) is 2.99. The van der Waals surface area contributed by atoms with Gasteiger partial charge in [-0.15, -0.1) is 0 Å². The molecule has 0 aromatic heterocycles. The van der Waals surface area contributed by atoms with Crippen molar-refractivity contribution in [1.82, 2.24) is 15.1 Å². The van der Waals surface area contributed by atoms with E-state index in [9.17, 15) is 9.59 Å². The molecule has 0 aromatic rings. The summed E-state index contributed by atoms with van der Waals surface area (Å²) in [7, 11) is 1.97. The fourth-order valence-corrected chi connectivity index (χ4v) is 1.84. The van der Waals surface area contributed by atoms with Crippen LogP contribution in [0.25, 0.3) is 0 Å². The lowest BCUT2D eigenvalue weighted by atomic mass is 10.1. The summed E-state index contributed by atoms with van der Waals surface area (Å²) in [4.78, 5) is 26.2. The van der Waals surface area contributed by atoms with Gasteiger partial charge in [0.1, 0.15) is 12.7 Å². The zero-order valence-corrected chi connectivity index (χ0v) is 7.62. The lowest BCUT2D eigenvalue weighted by Gasteiger charge is -2.44. The van der Waals surface area contributed by atoms with Crippen LogP contribution in [-0.4, -0.2) is 54.5 Å². The zero-order valence-electron chi connectivity index (χ0n) is 7.62. The molecule has 2 rings (SSSR count). The predicted molar refractivity (Wildman–Crippen MR) is 45.8 cm³/mol. The monoisotopic (exact) mass is 183 g/mol. The maximum Gasteiger partial charge on any atom is 0.239 e. The van der Waals surface area contributed by atoms with Crippen LogP contribution in [0.1, 0.15) is 6.42 Å². The maximum absolute atomic E-state index is 11.4. The van der Waals surface area contributed by atoms with Crippen LogP contribution in [0.4, 0.5) is 0 Å². The molecule has 2 amide bonds. The molecule has 13 heavy (non-hydrogen) atoms. The van der Waals surface area contributed by atoms with E-state index >= 15 is 0 Å². The minimum atomic E-state index is -0.0556. The number of nitrogens with zero attached hydrogens (tertiary/aromatic N) is 2. The second-order valence-corrected chi connectivity index (χ2v) is 3.54. The van der Waals surface area contributed by atoms with Crippen LogP contribution in [0, 0.1) is 0 Å². The normalized spacial score (nSPS) is 29.9. The number of nitrogens with one attached hydrogen (secondary N) is 1. The highest BCUT2D eigenvalue weighted by molar-refractivity contribution is 5.86. The molecular formula is C8H13N3O2. The van der Waals surface area contributed by atoms with Gasteiger partial charge in [-0.3, -0.25) is 14.5 Å². The summed E-state index contributed by atoms with van der Waals surface area (Å²) in [6.07, 6.45) is 0.597. The van der Waals surface area contributed by atoms with E-state index in [2.05, 4.69) is 10.2 Å². The van der Waals surface area contributed by atoms with Crippen molar-refractivity contribution in [2.45, 2.75) is 12.6 Å². The summed E-state index contributed by atoms with van der Waals surface area (Å²) in [5.41, 5.74) is 0. The van der Waals surface area contributed by atoms with Gasteiger partial charge >= 0.3 is 0 Å². The lowest BCUT2D eigenvalue weighted by Crippen LogP contribution is -2.64. The molecule has 1 atom stereocenters. The third-order valence-electron chi connectivity index (χ3n) is 2.66. The smallest absolute Gasteiger partial charge is 0.239 e. The molecule has 2 fully saturated rings. The van der Waals surface area contributed by atoms with Crippen LogP contribution in [0.3, 0.4) is 0 Å². The third kappa shape index (κ3) is 1.39. The van der Waals surface area contributed by atoms with Crippen molar-refractivity contribution in [3.05, 3.63) is 0 Å². The molecule has 0 spiro atoms. The summed E-state index contributed by atoms with van der Waals surface area (Å²) < 4.78 is 0. The predicted octanol–water partition coefficient (Wildman–Crippen LogP) is -1.39. The van der Waals surface area contributed by atoms with E-state index in [4.69, 9.17) is 0 Å². The Kier molecular flexibility index (Phi) is 1.95. The van der Waals surface area contributed by atoms with Gasteiger partial charge in [-0.2, -0.15) is 0 Å². The van der Waals surface area contributed by atoms with Crippen molar-refractivity contribution in [2.75, 3.05) is 26.7 Å². The SMILES string of the molecule is CN1CCC(=O)N2CC(=O)NCC12. The highest BCUT2D eigenvalue weighted by Crippen LogP contribution is 2.15. The van der Waals surface area contributed by atoms with Gasteiger partial charge < -0.3 is 10.2 Å². The highest BCUT2D eigenvalue weighted by Gasteiger charge is 2.35. The van der Waals surface area contributed by atoms with Crippen LogP contribution in [0.2, 0.25) is 0 Å². The number of likely N-dealkylation sites (N-methyl/N-ethyl adjacent to an activating group) is 1. The minimum Gasteiger partial charge on any atom is -0.351 e. The third-order valence-corrected chi connectivity index (χ3v) is 2.66. The summed E-state index contributed by atoms with van der Waals surface area (Å²) in [5.74, 6) is 0.0397. The second-order valence-electron chi connectivity index (χ2n) is 3.54. The minimum absolute atomic E-state index is 0.0556. The van der Waals surface area contributed by atoms with Crippen LogP contribution < -0.4 is 5.32 Å². The quantitative estimate of drug-likeness (QED) is 0.503. The van der Waals surface area contributed by atoms with Crippen LogP contribution in [0.15, 0.2) is 0 Å². The summed E-state index contributed by atoms with van der Waals surface area (Å²) >= 11 is 0. The number of fused-ring (bicyclic) bond motifs is 1. The van der Waals surface area contributed by atoms with E-state index in [0.717, 1.165) is 6.54 Å². The molecule has 0 bridgehead atoms. The Morgan fingerprint density at radius 2 is 2.23 bits per heavy atom. The molecule has 2 aliphatic rings. The van der Waals surface area contributed by atoms with E-state index in [1.54, 1.807) is 4.90 Å². The average molecular weight is 183 g/mol. The van der Waals surface area contributed by atoms with E-state index in [0.29, 0.717) is 13.0 Å². The van der Waals surface area contributed by atoms with Crippen molar-refractivity contribution in [2.24, 2.45) is 0 Å². The van der Waals surface area contributed by atoms with E-state index in [-0.39, 0.29) is 24.5 Å². The van der Waals surface area contributed by atoms with Gasteiger partial charge in [-0.05, 0) is 7.05 Å². The van der Waals surface area contributed by atoms with Gasteiger partial charge in [0.2, 0.25) is 11.8 Å². The number of amides is 2. The first kappa shape index (κ1) is 8.50. The molecule has 1 unspecified atom stereocenters. The van der Waals surface area contributed by atoms with Crippen molar-refractivity contribution in [3.8, 4) is 0 Å². The number of hydrogen-bond acceptors (Lipinski definition) is 3. The van der Waals surface area contributed by atoms with Gasteiger partial charge in [-0.25, -0.2) is 0 Å². The molecular weight excluding hydrogens is 170 g/mol. The first-order valence-electron chi connectivity index (χ1n) is 4.45. The van der Waals surface area contributed by atoms with Crippen LogP contribution in [-0.2, 0) is 9.59 Å². The first-order chi connectivity index (χ1) is 6.18. The molecule has 2 heterocycles. The number of hydrogen-bond donors (Lipinski definition) is 1. The van der Waals surface area contributed by atoms with Crippen LogP contribution >= 0.6 is 0 Å². The number of rotatable bonds is 0. The average Bonchev–Trinajstić information content (AvgIpc) is 2.12. The van der Waals surface area contributed by atoms with E-state index in [1.165, 1.54) is 0 Å². The Morgan fingerprint density at radius 3 is 3.00 bits per heavy atom. The highest BCUT2D eigenvalue weighted by atomic mass is 16.2. The van der Waals surface area contributed by atoms with Crippen molar-refractivity contribution < 1.29 is 9.59 Å². The van der Waals surface area contributed by atoms with Crippen molar-refractivity contribution >= 4 is 11.8 Å². The van der Waals surface area contributed by atoms with E-state index < -0.39 is 0 Å². The first-order valence-corrected chi connectivity index (χ1v) is 4.45. The lowest BCUT2D eigenvalue weighted by molar-refractivity contribution is -0.151. The Balaban J connectivity index is 2.15. The molecule has 0 radical (unpaired) electrons. The standard InChI is InChI=1S/C8H13N3O2/c1-10-3-2-8(13)11-5-6(12)9-4-7(10)11/h7H,2-5H2,1H3,(H,9,12). The molecule has 72 valence electrons. The molecule has 0 aliphatic carbocycles. The largest absolute Gasteiger partial charge is 0.351 e. The zero-order chi connectivity index (χ0) is 9.42. The Hall–Kier alpha value is -1.10. The van der Waals surface area contributed by atoms with Crippen molar-refractivity contribution in [1.29, 1.82) is 0 Å². The number of carbonyl (C=O) groups excluding carboxylic acids is 2. The van der Waals surface area contributed by atoms with Gasteiger partial charge in [0, 0.05) is 13.0 Å². The molecule has 5 heteroatoms. The van der Waals surface area contributed by atoms with Gasteiger partial charge in [0.15, 0.2) is 0 Å². The topological polar surface area (TPSA) is 52.7 Å². The molecule has 0 aromatic carbocycles. The molecule has 0 saturated carbocycles. The molecule has 5 nitrogen and oxygen atoms in total. The molecule has 1 N–H and O–H groups in total. The van der Waals surface area contributed by atoms with E-state index in [1.807, 2.05) is 7.05 Å². The van der Waals surface area contributed by atoms with Gasteiger partial charge in [0.05, 0.1) is 6.54 Å². The fraction of sp³-hybridized carbons (Fsp3) is 0.750. The van der Waals surface area contributed by atoms with Gasteiger partial charge in [-0.1, -0.05) is 0 Å². The fourth-order valence-electron chi connectivity index (χ4n) is 1.84. The number of carbonyl (C=O) groups is 2. The van der Waals surface area contributed by atoms with Crippen LogP contribution in [0.5, 0.6) is 0 Å². The van der Waals surface area contributed by atoms with Gasteiger partial charge in [0.25, 0.3) is 0 Å². The summed E-state index contributed by atoms with van der Waals surface area (Å²) in [6, 6.07) is 0. The Bertz CT molecular complexity index is 254. The maximum atomic E-state index is 11.4. The summed E-state index contributed by atoms with van der Waals surface area (Å²) in [5, 5.41) is 2.76. The molecule has 2 aliphatic heterocycles. The Morgan fingerprint density at radius 1 is 1.46 bits per heavy atom. The van der Waals surface area contributed by atoms with Crippen molar-refractivity contribution in [3.63, 3.8) is 0 Å². The number of piperazine rings is 1.